The van der Waals surface area contributed by atoms with Crippen LogP contribution in [0.4, 0.5) is 5.69 Å². The number of benzene rings is 1. The zero-order valence-electron chi connectivity index (χ0n) is 12.8. The second-order valence-corrected chi connectivity index (χ2v) is 5.67. The van der Waals surface area contributed by atoms with Gasteiger partial charge < -0.3 is 20.5 Å². The molecule has 1 amide bonds. The van der Waals surface area contributed by atoms with Crippen LogP contribution in [0.5, 0.6) is 0 Å². The highest BCUT2D eigenvalue weighted by atomic mass is 16.5. The summed E-state index contributed by atoms with van der Waals surface area (Å²) in [5.74, 6) is -0.947. The van der Waals surface area contributed by atoms with E-state index in [0.717, 1.165) is 0 Å². The predicted molar refractivity (Wildman–Crippen MR) is 80.2 cm³/mol. The number of carbonyl (C=O) groups is 2. The fourth-order valence-electron chi connectivity index (χ4n) is 1.67. The summed E-state index contributed by atoms with van der Waals surface area (Å²) in [6.07, 6.45) is -1.28. The summed E-state index contributed by atoms with van der Waals surface area (Å²) in [6, 6.07) is 6.90. The second-order valence-electron chi connectivity index (χ2n) is 5.67. The maximum atomic E-state index is 12.2. The zero-order valence-corrected chi connectivity index (χ0v) is 12.8. The number of amides is 1. The first-order chi connectivity index (χ1) is 9.74. The molecule has 1 aromatic rings. The Morgan fingerprint density at radius 1 is 1.29 bits per heavy atom. The summed E-state index contributed by atoms with van der Waals surface area (Å²) >= 11 is 0. The van der Waals surface area contributed by atoms with Gasteiger partial charge in [0.2, 0.25) is 0 Å². The van der Waals surface area contributed by atoms with Crippen molar-refractivity contribution in [3.63, 3.8) is 0 Å². The summed E-state index contributed by atoms with van der Waals surface area (Å²) in [6.45, 7) is 5.64. The highest BCUT2D eigenvalue weighted by molar-refractivity contribution is 6.00. The summed E-state index contributed by atoms with van der Waals surface area (Å²) < 4.78 is 4.44. The first-order valence-electron chi connectivity index (χ1n) is 6.66. The van der Waals surface area contributed by atoms with Gasteiger partial charge in [0.15, 0.2) is 6.10 Å². The van der Waals surface area contributed by atoms with Gasteiger partial charge in [-0.05, 0) is 32.9 Å². The van der Waals surface area contributed by atoms with Gasteiger partial charge in [-0.15, -0.1) is 0 Å². The fraction of sp³-hybridized carbons (Fsp3) is 0.467. The molecule has 0 aliphatic carbocycles. The van der Waals surface area contributed by atoms with Crippen molar-refractivity contribution in [2.24, 2.45) is 0 Å². The van der Waals surface area contributed by atoms with E-state index in [1.165, 1.54) is 7.11 Å². The van der Waals surface area contributed by atoms with Crippen LogP contribution in [0.1, 0.15) is 31.1 Å². The lowest BCUT2D eigenvalue weighted by Gasteiger charge is -2.22. The largest absolute Gasteiger partial charge is 0.467 e. The molecule has 1 atom stereocenters. The van der Waals surface area contributed by atoms with Crippen molar-refractivity contribution in [1.82, 2.24) is 5.32 Å². The molecule has 1 unspecified atom stereocenters. The van der Waals surface area contributed by atoms with E-state index >= 15 is 0 Å². The van der Waals surface area contributed by atoms with Crippen LogP contribution in [0.3, 0.4) is 0 Å². The van der Waals surface area contributed by atoms with E-state index in [1.54, 1.807) is 24.3 Å². The van der Waals surface area contributed by atoms with Crippen LogP contribution in [-0.4, -0.2) is 42.3 Å². The number of ether oxygens (including phenoxy) is 1. The molecule has 21 heavy (non-hydrogen) atoms. The van der Waals surface area contributed by atoms with Crippen molar-refractivity contribution in [1.29, 1.82) is 0 Å². The summed E-state index contributed by atoms with van der Waals surface area (Å²) in [5, 5.41) is 15.3. The molecular weight excluding hydrogens is 272 g/mol. The van der Waals surface area contributed by atoms with Crippen LogP contribution < -0.4 is 10.6 Å². The van der Waals surface area contributed by atoms with Gasteiger partial charge in [0.1, 0.15) is 0 Å². The summed E-state index contributed by atoms with van der Waals surface area (Å²) in [7, 11) is 1.20. The summed E-state index contributed by atoms with van der Waals surface area (Å²) in [5.41, 5.74) is 0.641. The van der Waals surface area contributed by atoms with Crippen molar-refractivity contribution in [3.05, 3.63) is 29.8 Å². The molecular formula is C15H22N2O4. The normalized spacial score (nSPS) is 12.4. The monoisotopic (exact) mass is 294 g/mol. The molecule has 6 nitrogen and oxygen atoms in total. The minimum Gasteiger partial charge on any atom is -0.467 e. The van der Waals surface area contributed by atoms with E-state index in [4.69, 9.17) is 0 Å². The van der Waals surface area contributed by atoms with Crippen molar-refractivity contribution >= 4 is 17.6 Å². The Kier molecular flexibility index (Phi) is 5.72. The van der Waals surface area contributed by atoms with E-state index in [2.05, 4.69) is 15.4 Å². The lowest BCUT2D eigenvalue weighted by molar-refractivity contribution is -0.149. The molecule has 0 aromatic heterocycles. The third-order valence-corrected chi connectivity index (χ3v) is 2.62. The molecule has 116 valence electrons. The lowest BCUT2D eigenvalue weighted by Crippen LogP contribution is -2.41. The van der Waals surface area contributed by atoms with Gasteiger partial charge in [-0.3, -0.25) is 4.79 Å². The minimum absolute atomic E-state index is 0.0352. The maximum Gasteiger partial charge on any atom is 0.336 e. The average Bonchev–Trinajstić information content (AvgIpc) is 2.42. The standard InChI is InChI=1S/C15H22N2O4/c1-15(2,3)17-13(19)10-7-5-6-8-11(10)16-9-12(18)14(20)21-4/h5-8,12,16,18H,9H2,1-4H3,(H,17,19). The topological polar surface area (TPSA) is 87.7 Å². The Balaban J connectivity index is 2.80. The van der Waals surface area contributed by atoms with Gasteiger partial charge in [-0.1, -0.05) is 12.1 Å². The smallest absolute Gasteiger partial charge is 0.336 e. The third kappa shape index (κ3) is 5.43. The minimum atomic E-state index is -1.28. The number of para-hydroxylation sites is 1. The Labute approximate surface area is 124 Å². The molecule has 3 N–H and O–H groups in total. The molecule has 0 heterocycles. The van der Waals surface area contributed by atoms with Gasteiger partial charge in [0.25, 0.3) is 5.91 Å². The average molecular weight is 294 g/mol. The van der Waals surface area contributed by atoms with Crippen LogP contribution in [0, 0.1) is 0 Å². The number of carbonyl (C=O) groups excluding carboxylic acids is 2. The number of hydrogen-bond donors (Lipinski definition) is 3. The maximum absolute atomic E-state index is 12.2. The number of esters is 1. The molecule has 1 rings (SSSR count). The predicted octanol–water partition coefficient (Wildman–Crippen LogP) is 1.16. The second kappa shape index (κ2) is 7.08. The van der Waals surface area contributed by atoms with E-state index in [9.17, 15) is 14.7 Å². The first-order valence-corrected chi connectivity index (χ1v) is 6.66. The zero-order chi connectivity index (χ0) is 16.0. The van der Waals surface area contributed by atoms with Crippen LogP contribution in [0.25, 0.3) is 0 Å². The lowest BCUT2D eigenvalue weighted by atomic mass is 10.1. The van der Waals surface area contributed by atoms with Crippen molar-refractivity contribution < 1.29 is 19.4 Å². The molecule has 1 aromatic carbocycles. The molecule has 0 aliphatic heterocycles. The third-order valence-electron chi connectivity index (χ3n) is 2.62. The fourth-order valence-corrected chi connectivity index (χ4v) is 1.67. The number of rotatable bonds is 5. The highest BCUT2D eigenvalue weighted by Crippen LogP contribution is 2.16. The first kappa shape index (κ1) is 17.0. The molecule has 0 saturated heterocycles. The number of nitrogens with one attached hydrogen (secondary N) is 2. The van der Waals surface area contributed by atoms with E-state index in [-0.39, 0.29) is 18.0 Å². The molecule has 0 fully saturated rings. The number of methoxy groups -OCH3 is 1. The molecule has 6 heteroatoms. The van der Waals surface area contributed by atoms with Gasteiger partial charge in [-0.25, -0.2) is 4.79 Å². The highest BCUT2D eigenvalue weighted by Gasteiger charge is 2.19. The van der Waals surface area contributed by atoms with Crippen molar-refractivity contribution in [2.45, 2.75) is 32.4 Å². The van der Waals surface area contributed by atoms with E-state index in [0.29, 0.717) is 11.3 Å². The van der Waals surface area contributed by atoms with Crippen molar-refractivity contribution in [3.8, 4) is 0 Å². The number of aliphatic hydroxyl groups excluding tert-OH is 1. The Bertz CT molecular complexity index is 509. The van der Waals surface area contributed by atoms with Gasteiger partial charge >= 0.3 is 5.97 Å². The molecule has 0 bridgehead atoms. The summed E-state index contributed by atoms with van der Waals surface area (Å²) in [4.78, 5) is 23.4. The molecule has 0 saturated carbocycles. The molecule has 0 aliphatic rings. The molecule has 0 spiro atoms. The Morgan fingerprint density at radius 3 is 2.48 bits per heavy atom. The molecule has 0 radical (unpaired) electrons. The number of anilines is 1. The van der Waals surface area contributed by atoms with Crippen LogP contribution in [-0.2, 0) is 9.53 Å². The number of aliphatic hydroxyl groups is 1. The van der Waals surface area contributed by atoms with Gasteiger partial charge in [0.05, 0.1) is 19.2 Å². The van der Waals surface area contributed by atoms with Crippen LogP contribution >= 0.6 is 0 Å². The SMILES string of the molecule is COC(=O)C(O)CNc1ccccc1C(=O)NC(C)(C)C. The Hall–Kier alpha value is -2.08. The van der Waals surface area contributed by atoms with Crippen molar-refractivity contribution in [2.75, 3.05) is 19.0 Å². The van der Waals surface area contributed by atoms with Crippen LogP contribution in [0.2, 0.25) is 0 Å². The Morgan fingerprint density at radius 2 is 1.90 bits per heavy atom. The number of hydrogen-bond acceptors (Lipinski definition) is 5. The van der Waals surface area contributed by atoms with Gasteiger partial charge in [0, 0.05) is 11.2 Å². The van der Waals surface area contributed by atoms with E-state index < -0.39 is 12.1 Å². The van der Waals surface area contributed by atoms with E-state index in [1.807, 2.05) is 20.8 Å². The van der Waals surface area contributed by atoms with Gasteiger partial charge in [-0.2, -0.15) is 0 Å². The van der Waals surface area contributed by atoms with Crippen LogP contribution in [0.15, 0.2) is 24.3 Å². The quantitative estimate of drug-likeness (QED) is 0.709.